The SMILES string of the molecule is CC(C)(C)c1ccc(C(C)(C)Nc2ccc3ccc4ccccc4c3c2)cc1. The zero-order chi connectivity index (χ0) is 19.9. The van der Waals surface area contributed by atoms with Crippen LogP contribution in [0.2, 0.25) is 0 Å². The maximum Gasteiger partial charge on any atom is 0.0569 e. The van der Waals surface area contributed by atoms with Gasteiger partial charge in [-0.15, -0.1) is 0 Å². The van der Waals surface area contributed by atoms with Gasteiger partial charge in [-0.25, -0.2) is 0 Å². The van der Waals surface area contributed by atoms with E-state index < -0.39 is 0 Å². The molecule has 1 N–H and O–H groups in total. The number of nitrogens with one attached hydrogen (secondary N) is 1. The van der Waals surface area contributed by atoms with E-state index in [1.807, 2.05) is 0 Å². The van der Waals surface area contributed by atoms with Gasteiger partial charge in [0.25, 0.3) is 0 Å². The second kappa shape index (κ2) is 6.67. The van der Waals surface area contributed by atoms with E-state index in [4.69, 9.17) is 0 Å². The molecule has 28 heavy (non-hydrogen) atoms. The minimum atomic E-state index is -0.158. The van der Waals surface area contributed by atoms with Gasteiger partial charge in [-0.05, 0) is 64.1 Å². The summed E-state index contributed by atoms with van der Waals surface area (Å²) in [7, 11) is 0. The molecule has 0 unspecified atom stereocenters. The Morgan fingerprint density at radius 1 is 0.571 bits per heavy atom. The number of benzene rings is 4. The molecule has 0 aliphatic heterocycles. The number of fused-ring (bicyclic) bond motifs is 3. The molecular formula is C27H29N. The zero-order valence-corrected chi connectivity index (χ0v) is 17.5. The smallest absolute Gasteiger partial charge is 0.0569 e. The van der Waals surface area contributed by atoms with Gasteiger partial charge in [-0.1, -0.05) is 87.5 Å². The Bertz CT molecular complexity index is 1130. The Balaban J connectivity index is 1.69. The van der Waals surface area contributed by atoms with E-state index in [0.29, 0.717) is 0 Å². The number of anilines is 1. The van der Waals surface area contributed by atoms with Crippen molar-refractivity contribution in [2.45, 2.75) is 45.6 Å². The summed E-state index contributed by atoms with van der Waals surface area (Å²) in [5.74, 6) is 0. The quantitative estimate of drug-likeness (QED) is 0.367. The fraction of sp³-hybridized carbons (Fsp3) is 0.259. The fourth-order valence-electron chi connectivity index (χ4n) is 3.90. The van der Waals surface area contributed by atoms with Crippen LogP contribution < -0.4 is 5.32 Å². The maximum atomic E-state index is 3.75. The molecule has 4 aromatic carbocycles. The molecule has 0 fully saturated rings. The monoisotopic (exact) mass is 367 g/mol. The number of hydrogen-bond acceptors (Lipinski definition) is 1. The van der Waals surface area contributed by atoms with Crippen LogP contribution in [0.15, 0.2) is 78.9 Å². The van der Waals surface area contributed by atoms with Gasteiger partial charge in [0.2, 0.25) is 0 Å². The van der Waals surface area contributed by atoms with Crippen molar-refractivity contribution in [1.29, 1.82) is 0 Å². The van der Waals surface area contributed by atoms with Gasteiger partial charge in [0, 0.05) is 5.69 Å². The predicted octanol–water partition coefficient (Wildman–Crippen LogP) is 7.64. The molecule has 0 heterocycles. The molecule has 0 amide bonds. The van der Waals surface area contributed by atoms with Gasteiger partial charge >= 0.3 is 0 Å². The van der Waals surface area contributed by atoms with Crippen molar-refractivity contribution in [3.8, 4) is 0 Å². The average Bonchev–Trinajstić information content (AvgIpc) is 2.67. The third-order valence-electron chi connectivity index (χ3n) is 5.68. The highest BCUT2D eigenvalue weighted by atomic mass is 15.0. The Morgan fingerprint density at radius 2 is 1.14 bits per heavy atom. The van der Waals surface area contributed by atoms with Crippen molar-refractivity contribution in [2.75, 3.05) is 5.32 Å². The summed E-state index contributed by atoms with van der Waals surface area (Å²) in [6.07, 6.45) is 0. The van der Waals surface area contributed by atoms with E-state index in [0.717, 1.165) is 5.69 Å². The van der Waals surface area contributed by atoms with Crippen molar-refractivity contribution in [1.82, 2.24) is 0 Å². The first-order valence-electron chi connectivity index (χ1n) is 10.0. The van der Waals surface area contributed by atoms with Crippen molar-refractivity contribution < 1.29 is 0 Å². The maximum absolute atomic E-state index is 3.75. The van der Waals surface area contributed by atoms with Crippen molar-refractivity contribution in [2.24, 2.45) is 0 Å². The van der Waals surface area contributed by atoms with E-state index in [-0.39, 0.29) is 11.0 Å². The van der Waals surface area contributed by atoms with Crippen LogP contribution in [0.3, 0.4) is 0 Å². The van der Waals surface area contributed by atoms with E-state index >= 15 is 0 Å². The minimum Gasteiger partial charge on any atom is -0.376 e. The molecule has 0 radical (unpaired) electrons. The second-order valence-electron chi connectivity index (χ2n) is 9.30. The van der Waals surface area contributed by atoms with Gasteiger partial charge in [0.15, 0.2) is 0 Å². The third-order valence-corrected chi connectivity index (χ3v) is 5.68. The number of hydrogen-bond donors (Lipinski definition) is 1. The highest BCUT2D eigenvalue weighted by molar-refractivity contribution is 6.08. The normalized spacial score (nSPS) is 12.5. The minimum absolute atomic E-state index is 0.158. The molecule has 0 spiro atoms. The lowest BCUT2D eigenvalue weighted by Gasteiger charge is -2.29. The molecule has 0 aliphatic rings. The van der Waals surface area contributed by atoms with Crippen molar-refractivity contribution in [3.63, 3.8) is 0 Å². The van der Waals surface area contributed by atoms with Crippen LogP contribution in [0.1, 0.15) is 45.7 Å². The Labute approximate surface area is 168 Å². The molecule has 0 bridgehead atoms. The second-order valence-corrected chi connectivity index (χ2v) is 9.30. The largest absolute Gasteiger partial charge is 0.376 e. The highest BCUT2D eigenvalue weighted by Crippen LogP contribution is 2.32. The molecule has 0 aromatic heterocycles. The molecule has 0 aliphatic carbocycles. The Kier molecular flexibility index (Phi) is 4.42. The van der Waals surface area contributed by atoms with Crippen LogP contribution >= 0.6 is 0 Å². The molecule has 1 heteroatoms. The molecule has 4 rings (SSSR count). The molecule has 0 atom stereocenters. The predicted molar refractivity (Wildman–Crippen MR) is 123 cm³/mol. The first kappa shape index (κ1) is 18.6. The Morgan fingerprint density at radius 3 is 1.82 bits per heavy atom. The first-order valence-corrected chi connectivity index (χ1v) is 10.0. The summed E-state index contributed by atoms with van der Waals surface area (Å²) in [5, 5.41) is 8.90. The standard InChI is InChI=1S/C27H29N/c1-26(2,3)21-13-15-22(16-14-21)27(4,5)28-23-17-12-20-11-10-19-8-6-7-9-24(19)25(20)18-23/h6-18,28H,1-5H3. The van der Waals surface area contributed by atoms with Gasteiger partial charge in [-0.2, -0.15) is 0 Å². The lowest BCUT2D eigenvalue weighted by atomic mass is 9.84. The van der Waals surface area contributed by atoms with E-state index in [2.05, 4.69) is 119 Å². The van der Waals surface area contributed by atoms with Crippen LogP contribution in [-0.4, -0.2) is 0 Å². The Hall–Kier alpha value is -2.80. The van der Waals surface area contributed by atoms with Gasteiger partial charge in [-0.3, -0.25) is 0 Å². The van der Waals surface area contributed by atoms with Crippen LogP contribution in [-0.2, 0) is 11.0 Å². The molecule has 0 saturated carbocycles. The van der Waals surface area contributed by atoms with Crippen LogP contribution in [0.5, 0.6) is 0 Å². The van der Waals surface area contributed by atoms with E-state index in [9.17, 15) is 0 Å². The molecular weight excluding hydrogens is 338 g/mol. The average molecular weight is 368 g/mol. The van der Waals surface area contributed by atoms with Crippen LogP contribution in [0.4, 0.5) is 5.69 Å². The first-order chi connectivity index (χ1) is 13.2. The fourth-order valence-corrected chi connectivity index (χ4v) is 3.90. The van der Waals surface area contributed by atoms with E-state index in [1.165, 1.54) is 32.7 Å². The third kappa shape index (κ3) is 3.49. The summed E-state index contributed by atoms with van der Waals surface area (Å²) in [5.41, 5.74) is 3.82. The van der Waals surface area contributed by atoms with Gasteiger partial charge in [0.1, 0.15) is 0 Å². The lowest BCUT2D eigenvalue weighted by Crippen LogP contribution is -2.28. The molecule has 0 saturated heterocycles. The van der Waals surface area contributed by atoms with Crippen LogP contribution in [0, 0.1) is 0 Å². The van der Waals surface area contributed by atoms with Gasteiger partial charge in [0.05, 0.1) is 5.54 Å². The zero-order valence-electron chi connectivity index (χ0n) is 17.5. The molecule has 4 aromatic rings. The van der Waals surface area contributed by atoms with Crippen molar-refractivity contribution in [3.05, 3.63) is 90.0 Å². The topological polar surface area (TPSA) is 12.0 Å². The number of rotatable bonds is 3. The summed E-state index contributed by atoms with van der Waals surface area (Å²) in [6.45, 7) is 11.2. The lowest BCUT2D eigenvalue weighted by molar-refractivity contribution is 0.583. The van der Waals surface area contributed by atoms with E-state index in [1.54, 1.807) is 0 Å². The summed E-state index contributed by atoms with van der Waals surface area (Å²) >= 11 is 0. The molecule has 142 valence electrons. The van der Waals surface area contributed by atoms with Gasteiger partial charge < -0.3 is 5.32 Å². The summed E-state index contributed by atoms with van der Waals surface area (Å²) < 4.78 is 0. The highest BCUT2D eigenvalue weighted by Gasteiger charge is 2.21. The van der Waals surface area contributed by atoms with Crippen LogP contribution in [0.25, 0.3) is 21.5 Å². The van der Waals surface area contributed by atoms with Crippen molar-refractivity contribution >= 4 is 27.2 Å². The summed E-state index contributed by atoms with van der Waals surface area (Å²) in [6, 6.07) is 28.7. The molecule has 1 nitrogen and oxygen atoms in total. The summed E-state index contributed by atoms with van der Waals surface area (Å²) in [4.78, 5) is 0.